The monoisotopic (exact) mass is 188 g/mol. The molecular formula is C9H20N2S. The Morgan fingerprint density at radius 1 is 1.25 bits per heavy atom. The van der Waals surface area contributed by atoms with E-state index in [-0.39, 0.29) is 0 Å². The zero-order chi connectivity index (χ0) is 9.72. The van der Waals surface area contributed by atoms with E-state index < -0.39 is 0 Å². The first-order valence-corrected chi connectivity index (χ1v) is 4.97. The Morgan fingerprint density at radius 2 is 1.67 bits per heavy atom. The summed E-state index contributed by atoms with van der Waals surface area (Å²) in [6.07, 6.45) is 0. The molecule has 0 unspecified atom stereocenters. The second-order valence-corrected chi connectivity index (χ2v) is 3.82. The molecule has 1 N–H and O–H groups in total. The van der Waals surface area contributed by atoms with Gasteiger partial charge in [-0.25, -0.2) is 0 Å². The third kappa shape index (κ3) is 3.39. The second-order valence-electron chi connectivity index (χ2n) is 3.43. The molecule has 0 aliphatic rings. The summed E-state index contributed by atoms with van der Waals surface area (Å²) in [5.74, 6) is 0. The van der Waals surface area contributed by atoms with Gasteiger partial charge in [-0.2, -0.15) is 0 Å². The van der Waals surface area contributed by atoms with Crippen LogP contribution in [0.25, 0.3) is 0 Å². The summed E-state index contributed by atoms with van der Waals surface area (Å²) in [6, 6.07) is 0.938. The fourth-order valence-electron chi connectivity index (χ4n) is 1.31. The van der Waals surface area contributed by atoms with Crippen LogP contribution in [-0.2, 0) is 0 Å². The quantitative estimate of drug-likeness (QED) is 0.682. The lowest BCUT2D eigenvalue weighted by Crippen LogP contribution is -2.47. The summed E-state index contributed by atoms with van der Waals surface area (Å²) < 4.78 is 0. The molecule has 0 aromatic heterocycles. The fraction of sp³-hybridized carbons (Fsp3) is 0.889. The molecule has 0 aromatic carbocycles. The molecule has 0 fully saturated rings. The van der Waals surface area contributed by atoms with Crippen molar-refractivity contribution in [1.82, 2.24) is 10.2 Å². The molecule has 12 heavy (non-hydrogen) atoms. The number of nitrogens with one attached hydrogen (secondary N) is 1. The van der Waals surface area contributed by atoms with Gasteiger partial charge >= 0.3 is 0 Å². The van der Waals surface area contributed by atoms with Crippen molar-refractivity contribution in [2.75, 3.05) is 6.54 Å². The zero-order valence-corrected chi connectivity index (χ0v) is 9.53. The van der Waals surface area contributed by atoms with Crippen LogP contribution < -0.4 is 5.32 Å². The van der Waals surface area contributed by atoms with Gasteiger partial charge in [0.2, 0.25) is 0 Å². The molecule has 0 bridgehead atoms. The van der Waals surface area contributed by atoms with Crippen molar-refractivity contribution >= 4 is 17.3 Å². The number of nitrogens with zero attached hydrogens (tertiary/aromatic N) is 1. The third-order valence-electron chi connectivity index (χ3n) is 1.68. The van der Waals surface area contributed by atoms with Crippen LogP contribution in [0.15, 0.2) is 0 Å². The third-order valence-corrected chi connectivity index (χ3v) is 2.03. The zero-order valence-electron chi connectivity index (χ0n) is 8.72. The van der Waals surface area contributed by atoms with Crippen LogP contribution >= 0.6 is 12.2 Å². The highest BCUT2D eigenvalue weighted by atomic mass is 32.1. The highest BCUT2D eigenvalue weighted by Crippen LogP contribution is 2.04. The number of thiocarbonyl (C=S) groups is 1. The van der Waals surface area contributed by atoms with Gasteiger partial charge in [-0.3, -0.25) is 0 Å². The van der Waals surface area contributed by atoms with Gasteiger partial charge in [-0.05, 0) is 46.8 Å². The Balaban J connectivity index is 4.20. The van der Waals surface area contributed by atoms with E-state index in [0.717, 1.165) is 11.7 Å². The van der Waals surface area contributed by atoms with E-state index in [1.165, 1.54) is 0 Å². The van der Waals surface area contributed by atoms with Crippen molar-refractivity contribution < 1.29 is 0 Å². The lowest BCUT2D eigenvalue weighted by molar-refractivity contribution is 0.288. The Morgan fingerprint density at radius 3 is 1.92 bits per heavy atom. The number of rotatable bonds is 3. The summed E-state index contributed by atoms with van der Waals surface area (Å²) in [5, 5.41) is 4.03. The highest BCUT2D eigenvalue weighted by molar-refractivity contribution is 7.80. The maximum Gasteiger partial charge on any atom is 0.169 e. The van der Waals surface area contributed by atoms with Crippen molar-refractivity contribution in [3.05, 3.63) is 0 Å². The number of hydrogen-bond donors (Lipinski definition) is 1. The molecule has 0 saturated carbocycles. The predicted molar refractivity (Wildman–Crippen MR) is 58.4 cm³/mol. The van der Waals surface area contributed by atoms with E-state index in [1.807, 2.05) is 0 Å². The standard InChI is InChI=1S/C9H20N2S/c1-6-10-9(12)11(7(2)3)8(4)5/h7-8H,6H2,1-5H3,(H,10,12). The Bertz CT molecular complexity index is 135. The normalized spacial score (nSPS) is 10.6. The largest absolute Gasteiger partial charge is 0.363 e. The van der Waals surface area contributed by atoms with Crippen molar-refractivity contribution in [3.8, 4) is 0 Å². The van der Waals surface area contributed by atoms with Gasteiger partial charge in [0.05, 0.1) is 0 Å². The van der Waals surface area contributed by atoms with E-state index >= 15 is 0 Å². The second kappa shape index (κ2) is 5.36. The summed E-state index contributed by atoms with van der Waals surface area (Å²) >= 11 is 5.24. The van der Waals surface area contributed by atoms with E-state index in [9.17, 15) is 0 Å². The SMILES string of the molecule is CCNC(=S)N(C(C)C)C(C)C. The fourth-order valence-corrected chi connectivity index (χ4v) is 1.87. The molecular weight excluding hydrogens is 168 g/mol. The molecule has 2 nitrogen and oxygen atoms in total. The van der Waals surface area contributed by atoms with Crippen LogP contribution in [0.2, 0.25) is 0 Å². The number of hydrogen-bond acceptors (Lipinski definition) is 1. The maximum absolute atomic E-state index is 5.24. The van der Waals surface area contributed by atoms with Gasteiger partial charge in [0.25, 0.3) is 0 Å². The lowest BCUT2D eigenvalue weighted by atomic mass is 10.2. The first-order chi connectivity index (χ1) is 5.50. The minimum Gasteiger partial charge on any atom is -0.363 e. The smallest absolute Gasteiger partial charge is 0.169 e. The first kappa shape index (κ1) is 11.7. The summed E-state index contributed by atoms with van der Waals surface area (Å²) in [5.41, 5.74) is 0. The molecule has 0 aromatic rings. The molecule has 0 radical (unpaired) electrons. The average Bonchev–Trinajstić information content (AvgIpc) is 1.85. The topological polar surface area (TPSA) is 15.3 Å². The van der Waals surface area contributed by atoms with E-state index in [1.54, 1.807) is 0 Å². The summed E-state index contributed by atoms with van der Waals surface area (Å²) in [4.78, 5) is 2.21. The van der Waals surface area contributed by atoms with Crippen molar-refractivity contribution in [2.24, 2.45) is 0 Å². The molecule has 72 valence electrons. The Hall–Kier alpha value is -0.310. The molecule has 0 aliphatic heterocycles. The van der Waals surface area contributed by atoms with Crippen molar-refractivity contribution in [2.45, 2.75) is 46.7 Å². The minimum absolute atomic E-state index is 0.469. The van der Waals surface area contributed by atoms with Crippen molar-refractivity contribution in [1.29, 1.82) is 0 Å². The van der Waals surface area contributed by atoms with Crippen LogP contribution in [0, 0.1) is 0 Å². The van der Waals surface area contributed by atoms with E-state index in [2.05, 4.69) is 44.8 Å². The van der Waals surface area contributed by atoms with Gasteiger partial charge < -0.3 is 10.2 Å². The molecule has 0 saturated heterocycles. The minimum atomic E-state index is 0.469. The van der Waals surface area contributed by atoms with Crippen LogP contribution in [0.3, 0.4) is 0 Å². The van der Waals surface area contributed by atoms with Gasteiger partial charge in [-0.1, -0.05) is 0 Å². The molecule has 3 heteroatoms. The van der Waals surface area contributed by atoms with E-state index in [0.29, 0.717) is 12.1 Å². The molecule has 0 amide bonds. The van der Waals surface area contributed by atoms with Crippen LogP contribution in [-0.4, -0.2) is 28.6 Å². The van der Waals surface area contributed by atoms with Crippen LogP contribution in [0.5, 0.6) is 0 Å². The van der Waals surface area contributed by atoms with Gasteiger partial charge in [0.15, 0.2) is 5.11 Å². The lowest BCUT2D eigenvalue weighted by Gasteiger charge is -2.33. The first-order valence-electron chi connectivity index (χ1n) is 4.56. The summed E-state index contributed by atoms with van der Waals surface area (Å²) in [6.45, 7) is 11.6. The van der Waals surface area contributed by atoms with E-state index in [4.69, 9.17) is 12.2 Å². The molecule has 0 atom stereocenters. The maximum atomic E-state index is 5.24. The van der Waals surface area contributed by atoms with Crippen molar-refractivity contribution in [3.63, 3.8) is 0 Å². The van der Waals surface area contributed by atoms with Crippen LogP contribution in [0.4, 0.5) is 0 Å². The molecule has 0 aliphatic carbocycles. The van der Waals surface area contributed by atoms with Crippen LogP contribution in [0.1, 0.15) is 34.6 Å². The molecule has 0 rings (SSSR count). The predicted octanol–water partition coefficient (Wildman–Crippen LogP) is 2.00. The van der Waals surface area contributed by atoms with Gasteiger partial charge in [0, 0.05) is 18.6 Å². The molecule has 0 spiro atoms. The van der Waals surface area contributed by atoms with Gasteiger partial charge in [-0.15, -0.1) is 0 Å². The Kier molecular flexibility index (Phi) is 5.22. The average molecular weight is 188 g/mol. The molecule has 0 heterocycles. The Labute approximate surface area is 81.3 Å². The van der Waals surface area contributed by atoms with Gasteiger partial charge in [0.1, 0.15) is 0 Å². The highest BCUT2D eigenvalue weighted by Gasteiger charge is 2.15. The summed E-state index contributed by atoms with van der Waals surface area (Å²) in [7, 11) is 0.